The van der Waals surface area contributed by atoms with Crippen molar-refractivity contribution in [1.29, 1.82) is 0 Å². The second kappa shape index (κ2) is 7.20. The number of ether oxygens (including phenoxy) is 1. The van der Waals surface area contributed by atoms with Gasteiger partial charge in [0.1, 0.15) is 5.78 Å². The van der Waals surface area contributed by atoms with Gasteiger partial charge < -0.3 is 10.1 Å². The second-order valence-corrected chi connectivity index (χ2v) is 6.33. The van der Waals surface area contributed by atoms with Crippen molar-refractivity contribution in [2.45, 2.75) is 38.3 Å². The van der Waals surface area contributed by atoms with E-state index in [1.54, 1.807) is 7.11 Å². The van der Waals surface area contributed by atoms with Crippen LogP contribution >= 0.6 is 0 Å². The summed E-state index contributed by atoms with van der Waals surface area (Å²) in [5.74, 6) is 0.0530. The quantitative estimate of drug-likeness (QED) is 0.891. The number of nitrogens with one attached hydrogen (secondary N) is 1. The lowest BCUT2D eigenvalue weighted by Crippen LogP contribution is -2.43. The van der Waals surface area contributed by atoms with Gasteiger partial charge >= 0.3 is 0 Å². The van der Waals surface area contributed by atoms with Gasteiger partial charge in [-0.15, -0.1) is 0 Å². The van der Waals surface area contributed by atoms with Crippen LogP contribution in [0.3, 0.4) is 0 Å². The van der Waals surface area contributed by atoms with Gasteiger partial charge in [-0.2, -0.15) is 0 Å². The summed E-state index contributed by atoms with van der Waals surface area (Å²) in [6, 6.07) is 12.2. The van der Waals surface area contributed by atoms with Gasteiger partial charge in [0.25, 0.3) is 0 Å². The maximum Gasteiger partial charge on any atom is 0.144 e. The monoisotopic (exact) mass is 312 g/mol. The molecule has 23 heavy (non-hydrogen) atoms. The van der Waals surface area contributed by atoms with Gasteiger partial charge in [-0.05, 0) is 31.5 Å². The molecule has 4 heteroatoms. The van der Waals surface area contributed by atoms with Crippen LogP contribution in [0.2, 0.25) is 0 Å². The van der Waals surface area contributed by atoms with Crippen LogP contribution in [0.25, 0.3) is 10.9 Å². The largest absolute Gasteiger partial charge is 0.379 e. The van der Waals surface area contributed by atoms with Crippen molar-refractivity contribution in [2.75, 3.05) is 13.7 Å². The van der Waals surface area contributed by atoms with Gasteiger partial charge in [-0.1, -0.05) is 31.2 Å². The topological polar surface area (TPSA) is 51.2 Å². The molecule has 0 radical (unpaired) electrons. The van der Waals surface area contributed by atoms with Crippen molar-refractivity contribution in [3.05, 3.63) is 42.1 Å². The summed E-state index contributed by atoms with van der Waals surface area (Å²) >= 11 is 0. The minimum atomic E-state index is -0.135. The fraction of sp³-hybridized carbons (Fsp3) is 0.474. The van der Waals surface area contributed by atoms with Gasteiger partial charge in [0.15, 0.2) is 0 Å². The van der Waals surface area contributed by atoms with Gasteiger partial charge in [-0.25, -0.2) is 0 Å². The predicted octanol–water partition coefficient (Wildman–Crippen LogP) is 2.75. The molecule has 1 N–H and O–H groups in total. The zero-order valence-corrected chi connectivity index (χ0v) is 13.8. The third-order valence-electron chi connectivity index (χ3n) is 4.78. The number of hydrogen-bond donors (Lipinski definition) is 1. The molecule has 0 spiro atoms. The molecule has 2 aromatic rings. The highest BCUT2D eigenvalue weighted by atomic mass is 16.5. The van der Waals surface area contributed by atoms with Crippen molar-refractivity contribution in [2.24, 2.45) is 5.92 Å². The maximum atomic E-state index is 12.7. The Hall–Kier alpha value is -1.78. The van der Waals surface area contributed by atoms with Crippen LogP contribution in [0.1, 0.15) is 25.5 Å². The molecule has 0 amide bonds. The van der Waals surface area contributed by atoms with Crippen LogP contribution in [0.4, 0.5) is 0 Å². The van der Waals surface area contributed by atoms with Crippen molar-refractivity contribution in [1.82, 2.24) is 10.3 Å². The van der Waals surface area contributed by atoms with E-state index < -0.39 is 0 Å². The number of benzene rings is 1. The highest BCUT2D eigenvalue weighted by Crippen LogP contribution is 2.21. The van der Waals surface area contributed by atoms with Crippen molar-refractivity contribution in [3.8, 4) is 0 Å². The first-order valence-corrected chi connectivity index (χ1v) is 8.32. The Morgan fingerprint density at radius 3 is 2.91 bits per heavy atom. The molecule has 4 nitrogen and oxygen atoms in total. The number of ketones is 1. The van der Waals surface area contributed by atoms with Crippen LogP contribution in [0.5, 0.6) is 0 Å². The van der Waals surface area contributed by atoms with Crippen molar-refractivity contribution >= 4 is 16.7 Å². The number of nitrogens with zero attached hydrogens (tertiary/aromatic N) is 1. The molecule has 0 bridgehead atoms. The van der Waals surface area contributed by atoms with Crippen LogP contribution in [-0.4, -0.2) is 36.6 Å². The average molecular weight is 312 g/mol. The standard InChI is InChI=1S/C19H24N2O2/c1-13(19(23-2)17-8-5-11-20-17)18(22)12-15-10-9-14-6-3-4-7-16(14)21-15/h3-4,6-7,9-10,13,17,19-20H,5,8,11-12H2,1-2H3/t13-,17-,19+/m0/s1. The number of Topliss-reactive ketones (excluding diaryl/α,β-unsaturated/α-hetero) is 1. The number of fused-ring (bicyclic) bond motifs is 1. The minimum Gasteiger partial charge on any atom is -0.379 e. The molecule has 1 fully saturated rings. The molecule has 1 aliphatic rings. The molecular weight excluding hydrogens is 288 g/mol. The zero-order chi connectivity index (χ0) is 16.2. The summed E-state index contributed by atoms with van der Waals surface area (Å²) in [6.45, 7) is 2.98. The van der Waals surface area contributed by atoms with E-state index in [4.69, 9.17) is 4.74 Å². The first-order chi connectivity index (χ1) is 11.2. The van der Waals surface area contributed by atoms with Crippen LogP contribution in [0.15, 0.2) is 36.4 Å². The number of para-hydroxylation sites is 1. The Bertz CT molecular complexity index is 680. The van der Waals surface area contributed by atoms with E-state index in [0.29, 0.717) is 6.42 Å². The van der Waals surface area contributed by atoms with Gasteiger partial charge in [0.05, 0.1) is 11.6 Å². The predicted molar refractivity (Wildman–Crippen MR) is 91.4 cm³/mol. The number of carbonyl (C=O) groups is 1. The fourth-order valence-corrected chi connectivity index (χ4v) is 3.44. The molecule has 122 valence electrons. The van der Waals surface area contributed by atoms with Crippen LogP contribution < -0.4 is 5.32 Å². The van der Waals surface area contributed by atoms with Crippen LogP contribution in [-0.2, 0) is 16.0 Å². The number of hydrogen-bond acceptors (Lipinski definition) is 4. The van der Waals surface area contributed by atoms with E-state index in [1.807, 2.05) is 43.3 Å². The second-order valence-electron chi connectivity index (χ2n) is 6.33. The molecule has 0 unspecified atom stereocenters. The lowest BCUT2D eigenvalue weighted by Gasteiger charge is -2.27. The summed E-state index contributed by atoms with van der Waals surface area (Å²) in [5, 5.41) is 4.54. The van der Waals surface area contributed by atoms with Crippen molar-refractivity contribution in [3.63, 3.8) is 0 Å². The molecule has 3 atom stereocenters. The summed E-state index contributed by atoms with van der Waals surface area (Å²) in [7, 11) is 1.70. The Kier molecular flexibility index (Phi) is 5.03. The molecule has 0 aliphatic carbocycles. The van der Waals surface area contributed by atoms with Gasteiger partial charge in [0.2, 0.25) is 0 Å². The molecule has 1 aromatic carbocycles. The van der Waals surface area contributed by atoms with E-state index in [-0.39, 0.29) is 23.8 Å². The van der Waals surface area contributed by atoms with E-state index in [9.17, 15) is 4.79 Å². The Morgan fingerprint density at radius 2 is 2.17 bits per heavy atom. The number of pyridine rings is 1. The third kappa shape index (κ3) is 3.59. The Morgan fingerprint density at radius 1 is 1.35 bits per heavy atom. The summed E-state index contributed by atoms with van der Waals surface area (Å²) in [4.78, 5) is 17.3. The molecule has 2 heterocycles. The molecule has 1 aromatic heterocycles. The number of rotatable bonds is 6. The lowest BCUT2D eigenvalue weighted by molar-refractivity contribution is -0.126. The number of carbonyl (C=O) groups excluding carboxylic acids is 1. The average Bonchev–Trinajstić information content (AvgIpc) is 3.09. The molecular formula is C19H24N2O2. The number of aromatic nitrogens is 1. The lowest BCUT2D eigenvalue weighted by atomic mass is 9.90. The summed E-state index contributed by atoms with van der Waals surface area (Å²) in [6.07, 6.45) is 2.52. The molecule has 1 saturated heterocycles. The third-order valence-corrected chi connectivity index (χ3v) is 4.78. The summed E-state index contributed by atoms with van der Waals surface area (Å²) < 4.78 is 5.62. The SMILES string of the molecule is CO[C@@H]([C@@H]1CCCN1)[C@@H](C)C(=O)Cc1ccc2ccccc2n1. The molecule has 1 aliphatic heterocycles. The highest BCUT2D eigenvalue weighted by molar-refractivity contribution is 5.84. The van der Waals surface area contributed by atoms with Crippen LogP contribution in [0, 0.1) is 5.92 Å². The van der Waals surface area contributed by atoms with E-state index in [0.717, 1.165) is 36.0 Å². The summed E-state index contributed by atoms with van der Waals surface area (Å²) in [5.41, 5.74) is 1.76. The number of methoxy groups -OCH3 is 1. The van der Waals surface area contributed by atoms with E-state index in [1.165, 1.54) is 0 Å². The van der Waals surface area contributed by atoms with Gasteiger partial charge in [0, 0.05) is 36.6 Å². The maximum absolute atomic E-state index is 12.7. The zero-order valence-electron chi connectivity index (χ0n) is 13.8. The Labute approximate surface area is 137 Å². The fourth-order valence-electron chi connectivity index (χ4n) is 3.44. The van der Waals surface area contributed by atoms with E-state index in [2.05, 4.69) is 10.3 Å². The van der Waals surface area contributed by atoms with E-state index >= 15 is 0 Å². The molecule has 0 saturated carbocycles. The Balaban J connectivity index is 1.71. The van der Waals surface area contributed by atoms with Gasteiger partial charge in [-0.3, -0.25) is 9.78 Å². The normalized spacial score (nSPS) is 20.5. The highest BCUT2D eigenvalue weighted by Gasteiger charge is 2.32. The molecule has 3 rings (SSSR count). The first-order valence-electron chi connectivity index (χ1n) is 8.32. The first kappa shape index (κ1) is 16.1. The van der Waals surface area contributed by atoms with Crippen molar-refractivity contribution < 1.29 is 9.53 Å². The smallest absolute Gasteiger partial charge is 0.144 e. The minimum absolute atomic E-state index is 0.0644.